The summed E-state index contributed by atoms with van der Waals surface area (Å²) in [5.74, 6) is 1.60. The van der Waals surface area contributed by atoms with Crippen molar-refractivity contribution in [2.45, 2.75) is 46.1 Å². The van der Waals surface area contributed by atoms with Crippen molar-refractivity contribution in [1.29, 1.82) is 0 Å². The van der Waals surface area contributed by atoms with Crippen LogP contribution < -0.4 is 10.5 Å². The van der Waals surface area contributed by atoms with E-state index < -0.39 is 0 Å². The van der Waals surface area contributed by atoms with Gasteiger partial charge in [0.1, 0.15) is 12.4 Å². The van der Waals surface area contributed by atoms with E-state index >= 15 is 0 Å². The van der Waals surface area contributed by atoms with Gasteiger partial charge in [-0.3, -0.25) is 0 Å². The van der Waals surface area contributed by atoms with Gasteiger partial charge >= 0.3 is 0 Å². The quantitative estimate of drug-likeness (QED) is 0.668. The van der Waals surface area contributed by atoms with Crippen molar-refractivity contribution in [2.24, 2.45) is 11.7 Å². The molecule has 3 heteroatoms. The average molecular weight is 279 g/mol. The lowest BCUT2D eigenvalue weighted by molar-refractivity contribution is 0.0926. The zero-order chi connectivity index (χ0) is 14.8. The zero-order valence-electron chi connectivity index (χ0n) is 13.1. The maximum Gasteiger partial charge on any atom is 0.119 e. The minimum atomic E-state index is 0.258. The molecule has 0 aliphatic heterocycles. The van der Waals surface area contributed by atoms with Crippen LogP contribution in [-0.4, -0.2) is 25.9 Å². The van der Waals surface area contributed by atoms with Crippen molar-refractivity contribution >= 4 is 0 Å². The molecule has 0 heterocycles. The summed E-state index contributed by atoms with van der Waals surface area (Å²) < 4.78 is 11.2. The first kappa shape index (κ1) is 17.0. The molecule has 1 aromatic carbocycles. The average Bonchev–Trinajstić information content (AvgIpc) is 2.41. The molecule has 0 aliphatic rings. The van der Waals surface area contributed by atoms with Crippen LogP contribution in [0.25, 0.3) is 0 Å². The van der Waals surface area contributed by atoms with Gasteiger partial charge in [0.25, 0.3) is 0 Å². The number of nitrogens with two attached hydrogens (primary N) is 1. The predicted octanol–water partition coefficient (Wildman–Crippen LogP) is 3.41. The molecule has 1 rings (SSSR count). The molecular weight excluding hydrogens is 250 g/mol. The molecule has 0 fully saturated rings. The van der Waals surface area contributed by atoms with Gasteiger partial charge in [-0.15, -0.1) is 0 Å². The lowest BCUT2D eigenvalue weighted by Crippen LogP contribution is -2.15. The minimum absolute atomic E-state index is 0.258. The van der Waals surface area contributed by atoms with Crippen LogP contribution in [0.3, 0.4) is 0 Å². The molecule has 20 heavy (non-hydrogen) atoms. The Morgan fingerprint density at radius 3 is 2.25 bits per heavy atom. The molecule has 114 valence electrons. The van der Waals surface area contributed by atoms with E-state index in [1.54, 1.807) is 0 Å². The molecule has 1 aromatic rings. The standard InChI is InChI=1S/C17H29NO2/c1-14(2)10-11-19-12-13-20-17-8-6-16(7-9-17)5-4-15(3)18/h6-9,14-15H,4-5,10-13,18H2,1-3H3. The summed E-state index contributed by atoms with van der Waals surface area (Å²) in [5.41, 5.74) is 7.06. The Kier molecular flexibility index (Phi) is 8.31. The monoisotopic (exact) mass is 279 g/mol. The fraction of sp³-hybridized carbons (Fsp3) is 0.647. The summed E-state index contributed by atoms with van der Waals surface area (Å²) >= 11 is 0. The van der Waals surface area contributed by atoms with Crippen molar-refractivity contribution < 1.29 is 9.47 Å². The van der Waals surface area contributed by atoms with Crippen LogP contribution >= 0.6 is 0 Å². The third kappa shape index (κ3) is 8.18. The van der Waals surface area contributed by atoms with Gasteiger partial charge in [0, 0.05) is 12.6 Å². The number of hydrogen-bond donors (Lipinski definition) is 1. The molecule has 0 aliphatic carbocycles. The highest BCUT2D eigenvalue weighted by Crippen LogP contribution is 2.13. The molecule has 0 saturated heterocycles. The van der Waals surface area contributed by atoms with Crippen LogP contribution in [0.5, 0.6) is 5.75 Å². The van der Waals surface area contributed by atoms with E-state index in [2.05, 4.69) is 26.0 Å². The second-order valence-corrected chi connectivity index (χ2v) is 5.80. The molecule has 0 bridgehead atoms. The number of rotatable bonds is 10. The normalized spacial score (nSPS) is 12.7. The van der Waals surface area contributed by atoms with E-state index in [0.717, 1.165) is 31.6 Å². The van der Waals surface area contributed by atoms with Gasteiger partial charge < -0.3 is 15.2 Å². The van der Waals surface area contributed by atoms with E-state index in [0.29, 0.717) is 19.1 Å². The van der Waals surface area contributed by atoms with Gasteiger partial charge in [-0.2, -0.15) is 0 Å². The van der Waals surface area contributed by atoms with Crippen LogP contribution in [-0.2, 0) is 11.2 Å². The highest BCUT2D eigenvalue weighted by Gasteiger charge is 1.99. The fourth-order valence-corrected chi connectivity index (χ4v) is 1.79. The fourth-order valence-electron chi connectivity index (χ4n) is 1.79. The van der Waals surface area contributed by atoms with Crippen molar-refractivity contribution in [1.82, 2.24) is 0 Å². The SMILES string of the molecule is CC(C)CCOCCOc1ccc(CCC(C)N)cc1. The van der Waals surface area contributed by atoms with Gasteiger partial charge in [0.2, 0.25) is 0 Å². The molecule has 0 saturated carbocycles. The van der Waals surface area contributed by atoms with Crippen LogP contribution in [0.1, 0.15) is 39.2 Å². The molecular formula is C17H29NO2. The Morgan fingerprint density at radius 1 is 0.950 bits per heavy atom. The number of aryl methyl sites for hydroxylation is 1. The largest absolute Gasteiger partial charge is 0.491 e. The molecule has 1 atom stereocenters. The second-order valence-electron chi connectivity index (χ2n) is 5.80. The Hall–Kier alpha value is -1.06. The van der Waals surface area contributed by atoms with Gasteiger partial charge in [-0.25, -0.2) is 0 Å². The summed E-state index contributed by atoms with van der Waals surface area (Å²) in [6.07, 6.45) is 3.15. The van der Waals surface area contributed by atoms with Crippen molar-refractivity contribution in [3.63, 3.8) is 0 Å². The molecule has 0 aromatic heterocycles. The third-order valence-corrected chi connectivity index (χ3v) is 3.15. The Bertz CT molecular complexity index is 347. The third-order valence-electron chi connectivity index (χ3n) is 3.15. The second kappa shape index (κ2) is 9.78. The Labute approximate surface area is 123 Å². The molecule has 0 spiro atoms. The number of ether oxygens (including phenoxy) is 2. The molecule has 0 amide bonds. The van der Waals surface area contributed by atoms with E-state index in [1.807, 2.05) is 19.1 Å². The zero-order valence-corrected chi connectivity index (χ0v) is 13.1. The highest BCUT2D eigenvalue weighted by atomic mass is 16.5. The van der Waals surface area contributed by atoms with Gasteiger partial charge in [-0.05, 0) is 49.8 Å². The first-order valence-corrected chi connectivity index (χ1v) is 7.63. The van der Waals surface area contributed by atoms with Gasteiger partial charge in [0.05, 0.1) is 6.61 Å². The predicted molar refractivity (Wildman–Crippen MR) is 84.2 cm³/mol. The first-order valence-electron chi connectivity index (χ1n) is 7.63. The van der Waals surface area contributed by atoms with Crippen LogP contribution in [0.15, 0.2) is 24.3 Å². The van der Waals surface area contributed by atoms with Crippen molar-refractivity contribution in [3.05, 3.63) is 29.8 Å². The van der Waals surface area contributed by atoms with E-state index in [9.17, 15) is 0 Å². The lowest BCUT2D eigenvalue weighted by Gasteiger charge is -2.09. The Morgan fingerprint density at radius 2 is 1.65 bits per heavy atom. The maximum absolute atomic E-state index is 5.76. The summed E-state index contributed by atoms with van der Waals surface area (Å²) in [6, 6.07) is 8.51. The lowest BCUT2D eigenvalue weighted by atomic mass is 10.1. The molecule has 0 radical (unpaired) electrons. The van der Waals surface area contributed by atoms with Gasteiger partial charge in [0.15, 0.2) is 0 Å². The summed E-state index contributed by atoms with van der Waals surface area (Å²) in [7, 11) is 0. The van der Waals surface area contributed by atoms with Crippen molar-refractivity contribution in [3.8, 4) is 5.75 Å². The smallest absolute Gasteiger partial charge is 0.119 e. The Balaban J connectivity index is 2.15. The van der Waals surface area contributed by atoms with Crippen LogP contribution in [0.4, 0.5) is 0 Å². The van der Waals surface area contributed by atoms with E-state index in [4.69, 9.17) is 15.2 Å². The summed E-state index contributed by atoms with van der Waals surface area (Å²) in [5, 5.41) is 0. The van der Waals surface area contributed by atoms with E-state index in [1.165, 1.54) is 5.56 Å². The number of hydrogen-bond acceptors (Lipinski definition) is 3. The molecule has 2 N–H and O–H groups in total. The molecule has 3 nitrogen and oxygen atoms in total. The minimum Gasteiger partial charge on any atom is -0.491 e. The van der Waals surface area contributed by atoms with Crippen LogP contribution in [0, 0.1) is 5.92 Å². The van der Waals surface area contributed by atoms with Crippen molar-refractivity contribution in [2.75, 3.05) is 19.8 Å². The maximum atomic E-state index is 5.76. The van der Waals surface area contributed by atoms with Crippen LogP contribution in [0.2, 0.25) is 0 Å². The highest BCUT2D eigenvalue weighted by molar-refractivity contribution is 5.27. The van der Waals surface area contributed by atoms with Gasteiger partial charge in [-0.1, -0.05) is 26.0 Å². The first-order chi connectivity index (χ1) is 9.58. The summed E-state index contributed by atoms with van der Waals surface area (Å²) in [6.45, 7) is 8.52. The topological polar surface area (TPSA) is 44.5 Å². The van der Waals surface area contributed by atoms with E-state index in [-0.39, 0.29) is 6.04 Å². The number of benzene rings is 1. The molecule has 1 unspecified atom stereocenters. The summed E-state index contributed by atoms with van der Waals surface area (Å²) in [4.78, 5) is 0.